The van der Waals surface area contributed by atoms with Crippen LogP contribution in [-0.2, 0) is 0 Å². The van der Waals surface area contributed by atoms with Gasteiger partial charge in [-0.1, -0.05) is 0 Å². The minimum absolute atomic E-state index is 0.0768. The Kier molecular flexibility index (Phi) is 3.89. The number of aliphatic hydroxyl groups excluding tert-OH is 1. The van der Waals surface area contributed by atoms with Gasteiger partial charge in [-0.05, 0) is 47.3 Å². The predicted molar refractivity (Wildman–Crippen MR) is 69.4 cm³/mol. The zero-order valence-electron chi connectivity index (χ0n) is 8.90. The van der Waals surface area contributed by atoms with Crippen molar-refractivity contribution < 1.29 is 5.11 Å². The molecule has 1 fully saturated rings. The van der Waals surface area contributed by atoms with E-state index < -0.39 is 0 Å². The second-order valence-corrected chi connectivity index (χ2v) is 6.44. The van der Waals surface area contributed by atoms with Crippen molar-refractivity contribution in [2.24, 2.45) is 5.73 Å². The van der Waals surface area contributed by atoms with Crippen LogP contribution < -0.4 is 5.73 Å². The maximum atomic E-state index is 9.20. The molecule has 2 atom stereocenters. The number of hydrogen-bond acceptors (Lipinski definition) is 4. The average molecular weight is 303 g/mol. The van der Waals surface area contributed by atoms with E-state index in [1.165, 1.54) is 0 Å². The summed E-state index contributed by atoms with van der Waals surface area (Å²) in [6, 6.07) is 3.90. The SMILES string of the molecule is NC1(CO)CCC(Sc2ncccc2Br)C1. The van der Waals surface area contributed by atoms with Crippen LogP contribution in [0.25, 0.3) is 0 Å². The molecular formula is C11H15BrN2OS. The molecule has 16 heavy (non-hydrogen) atoms. The minimum Gasteiger partial charge on any atom is -0.394 e. The van der Waals surface area contributed by atoms with Crippen LogP contribution in [0.5, 0.6) is 0 Å². The summed E-state index contributed by atoms with van der Waals surface area (Å²) in [5.41, 5.74) is 5.67. The van der Waals surface area contributed by atoms with Gasteiger partial charge in [-0.15, -0.1) is 11.8 Å². The number of hydrogen-bond donors (Lipinski definition) is 2. The zero-order chi connectivity index (χ0) is 11.6. The Morgan fingerprint density at radius 2 is 2.50 bits per heavy atom. The van der Waals surface area contributed by atoms with Crippen molar-refractivity contribution in [2.75, 3.05) is 6.61 Å². The molecule has 5 heteroatoms. The second-order valence-electron chi connectivity index (χ2n) is 4.29. The van der Waals surface area contributed by atoms with Gasteiger partial charge in [-0.2, -0.15) is 0 Å². The number of thioether (sulfide) groups is 1. The van der Waals surface area contributed by atoms with Gasteiger partial charge in [-0.25, -0.2) is 4.98 Å². The summed E-state index contributed by atoms with van der Waals surface area (Å²) < 4.78 is 1.03. The highest BCUT2D eigenvalue weighted by Crippen LogP contribution is 2.39. The summed E-state index contributed by atoms with van der Waals surface area (Å²) in [4.78, 5) is 4.33. The fourth-order valence-electron chi connectivity index (χ4n) is 1.97. The molecule has 2 unspecified atom stereocenters. The van der Waals surface area contributed by atoms with Crippen molar-refractivity contribution >= 4 is 27.7 Å². The molecule has 1 aliphatic carbocycles. The standard InChI is InChI=1S/C11H15BrN2OS/c12-9-2-1-5-14-10(9)16-8-3-4-11(13,6-8)7-15/h1-2,5,8,15H,3-4,6-7,13H2. The van der Waals surface area contributed by atoms with E-state index in [2.05, 4.69) is 20.9 Å². The van der Waals surface area contributed by atoms with Crippen molar-refractivity contribution in [1.29, 1.82) is 0 Å². The van der Waals surface area contributed by atoms with E-state index in [0.717, 1.165) is 28.8 Å². The minimum atomic E-state index is -0.376. The predicted octanol–water partition coefficient (Wildman–Crippen LogP) is 2.18. The number of nitrogens with two attached hydrogens (primary N) is 1. The van der Waals surface area contributed by atoms with Crippen LogP contribution >= 0.6 is 27.7 Å². The normalized spacial score (nSPS) is 29.6. The number of rotatable bonds is 3. The van der Waals surface area contributed by atoms with Crippen molar-refractivity contribution in [3.8, 4) is 0 Å². The van der Waals surface area contributed by atoms with E-state index in [1.807, 2.05) is 12.1 Å². The Labute approximate surface area is 108 Å². The molecule has 1 aromatic heterocycles. The highest BCUT2D eigenvalue weighted by Gasteiger charge is 2.35. The van der Waals surface area contributed by atoms with E-state index >= 15 is 0 Å². The number of halogens is 1. The van der Waals surface area contributed by atoms with Crippen LogP contribution in [0.2, 0.25) is 0 Å². The lowest BCUT2D eigenvalue weighted by atomic mass is 10.0. The summed E-state index contributed by atoms with van der Waals surface area (Å²) >= 11 is 5.23. The van der Waals surface area contributed by atoms with Gasteiger partial charge in [0, 0.05) is 21.5 Å². The largest absolute Gasteiger partial charge is 0.394 e. The Morgan fingerprint density at radius 3 is 3.12 bits per heavy atom. The lowest BCUT2D eigenvalue weighted by Gasteiger charge is -2.20. The van der Waals surface area contributed by atoms with Crippen molar-refractivity contribution in [3.05, 3.63) is 22.8 Å². The van der Waals surface area contributed by atoms with Crippen LogP contribution in [0.4, 0.5) is 0 Å². The van der Waals surface area contributed by atoms with Gasteiger partial charge >= 0.3 is 0 Å². The van der Waals surface area contributed by atoms with Gasteiger partial charge in [0.2, 0.25) is 0 Å². The van der Waals surface area contributed by atoms with Gasteiger partial charge in [0.15, 0.2) is 0 Å². The van der Waals surface area contributed by atoms with E-state index in [4.69, 9.17) is 5.73 Å². The van der Waals surface area contributed by atoms with Gasteiger partial charge in [0.1, 0.15) is 5.03 Å². The molecule has 1 saturated carbocycles. The first-order valence-corrected chi connectivity index (χ1v) is 6.97. The molecule has 0 saturated heterocycles. The lowest BCUT2D eigenvalue weighted by Crippen LogP contribution is -2.40. The summed E-state index contributed by atoms with van der Waals surface area (Å²) in [5.74, 6) is 0. The van der Waals surface area contributed by atoms with E-state index in [1.54, 1.807) is 18.0 Å². The van der Waals surface area contributed by atoms with Crippen molar-refractivity contribution in [2.45, 2.75) is 35.1 Å². The van der Waals surface area contributed by atoms with Crippen LogP contribution in [0.3, 0.4) is 0 Å². The lowest BCUT2D eigenvalue weighted by molar-refractivity contribution is 0.200. The molecule has 0 amide bonds. The smallest absolute Gasteiger partial charge is 0.110 e. The Bertz CT molecular complexity index is 377. The van der Waals surface area contributed by atoms with E-state index in [0.29, 0.717) is 5.25 Å². The summed E-state index contributed by atoms with van der Waals surface area (Å²) in [5, 5.41) is 10.7. The molecule has 3 nitrogen and oxygen atoms in total. The molecule has 2 rings (SSSR count). The van der Waals surface area contributed by atoms with Gasteiger partial charge < -0.3 is 10.8 Å². The van der Waals surface area contributed by atoms with Crippen LogP contribution in [0.1, 0.15) is 19.3 Å². The highest BCUT2D eigenvalue weighted by atomic mass is 79.9. The van der Waals surface area contributed by atoms with Crippen LogP contribution in [0.15, 0.2) is 27.8 Å². The Balaban J connectivity index is 2.00. The van der Waals surface area contributed by atoms with E-state index in [-0.39, 0.29) is 12.1 Å². The fraction of sp³-hybridized carbons (Fsp3) is 0.545. The van der Waals surface area contributed by atoms with Crippen molar-refractivity contribution in [3.63, 3.8) is 0 Å². The number of nitrogens with zero attached hydrogens (tertiary/aromatic N) is 1. The maximum Gasteiger partial charge on any atom is 0.110 e. The molecule has 0 bridgehead atoms. The highest BCUT2D eigenvalue weighted by molar-refractivity contribution is 9.10. The summed E-state index contributed by atoms with van der Waals surface area (Å²) in [6.07, 6.45) is 4.59. The second kappa shape index (κ2) is 5.04. The van der Waals surface area contributed by atoms with Crippen molar-refractivity contribution in [1.82, 2.24) is 4.98 Å². The molecule has 1 aliphatic rings. The molecule has 88 valence electrons. The third-order valence-corrected chi connectivity index (χ3v) is 5.10. The molecular weight excluding hydrogens is 288 g/mol. The third kappa shape index (κ3) is 2.77. The quantitative estimate of drug-likeness (QED) is 0.898. The summed E-state index contributed by atoms with van der Waals surface area (Å²) in [7, 11) is 0. The van der Waals surface area contributed by atoms with Crippen LogP contribution in [-0.4, -0.2) is 27.5 Å². The molecule has 1 aromatic rings. The molecule has 1 heterocycles. The first-order chi connectivity index (χ1) is 7.63. The molecule has 0 spiro atoms. The molecule has 0 aromatic carbocycles. The van der Waals surface area contributed by atoms with Crippen LogP contribution in [0, 0.1) is 0 Å². The number of aromatic nitrogens is 1. The number of pyridine rings is 1. The molecule has 0 radical (unpaired) electrons. The fourth-order valence-corrected chi connectivity index (χ4v) is 3.77. The number of aliphatic hydroxyl groups is 1. The third-order valence-electron chi connectivity index (χ3n) is 2.92. The Morgan fingerprint density at radius 1 is 1.69 bits per heavy atom. The zero-order valence-corrected chi connectivity index (χ0v) is 11.3. The average Bonchev–Trinajstić information content (AvgIpc) is 2.65. The topological polar surface area (TPSA) is 59.1 Å². The van der Waals surface area contributed by atoms with Gasteiger partial charge in [0.05, 0.1) is 6.61 Å². The van der Waals surface area contributed by atoms with Gasteiger partial charge in [0.25, 0.3) is 0 Å². The Hall–Kier alpha value is -0.100. The summed E-state index contributed by atoms with van der Waals surface area (Å²) in [6.45, 7) is 0.0768. The van der Waals surface area contributed by atoms with E-state index in [9.17, 15) is 5.11 Å². The van der Waals surface area contributed by atoms with Gasteiger partial charge in [-0.3, -0.25) is 0 Å². The maximum absolute atomic E-state index is 9.20. The molecule has 0 aliphatic heterocycles. The first kappa shape index (κ1) is 12.4. The monoisotopic (exact) mass is 302 g/mol. The molecule has 3 N–H and O–H groups in total. The first-order valence-electron chi connectivity index (χ1n) is 5.30.